The van der Waals surface area contributed by atoms with E-state index in [9.17, 15) is 18.3 Å². The number of ketones is 1. The number of carbonyl (C=O) groups is 1. The first-order chi connectivity index (χ1) is 9.54. The highest BCUT2D eigenvalue weighted by Gasteiger charge is 2.26. The molecular weight excluding hydrogens is 328 g/mol. The highest BCUT2D eigenvalue weighted by atomic mass is 32.2. The van der Waals surface area contributed by atoms with Gasteiger partial charge in [0.25, 0.3) is 0 Å². The summed E-state index contributed by atoms with van der Waals surface area (Å²) in [4.78, 5) is 12.2. The van der Waals surface area contributed by atoms with Gasteiger partial charge in [-0.3, -0.25) is 4.79 Å². The third-order valence-electron chi connectivity index (χ3n) is 2.92. The summed E-state index contributed by atoms with van der Waals surface area (Å²) in [6.07, 6.45) is 0.958. The molecule has 1 aromatic carbocycles. The summed E-state index contributed by atoms with van der Waals surface area (Å²) in [6, 6.07) is 8.36. The van der Waals surface area contributed by atoms with Gasteiger partial charge in [-0.15, -0.1) is 0 Å². The quantitative estimate of drug-likeness (QED) is 0.555. The average molecular weight is 346 g/mol. The summed E-state index contributed by atoms with van der Waals surface area (Å²) in [5, 5.41) is 9.89. The van der Waals surface area contributed by atoms with Gasteiger partial charge >= 0.3 is 0 Å². The van der Waals surface area contributed by atoms with E-state index in [1.807, 2.05) is 0 Å². The second-order valence-corrected chi connectivity index (χ2v) is 5.07. The molecule has 0 amide bonds. The van der Waals surface area contributed by atoms with Gasteiger partial charge in [0.15, 0.2) is 5.78 Å². The van der Waals surface area contributed by atoms with E-state index in [1.54, 1.807) is 30.3 Å². The number of aliphatic hydroxyl groups is 1. The third-order valence-corrected chi connectivity index (χ3v) is 3.67. The van der Waals surface area contributed by atoms with Crippen molar-refractivity contribution in [3.8, 4) is 0 Å². The first-order valence-corrected chi connectivity index (χ1v) is 6.85. The molecule has 0 aliphatic heterocycles. The molecule has 0 aromatic heterocycles. The van der Waals surface area contributed by atoms with Gasteiger partial charge in [-0.1, -0.05) is 30.3 Å². The van der Waals surface area contributed by atoms with Crippen LogP contribution in [0.15, 0.2) is 53.5 Å². The van der Waals surface area contributed by atoms with Crippen LogP contribution in [0.3, 0.4) is 0 Å². The molecule has 0 saturated carbocycles. The first-order valence-electron chi connectivity index (χ1n) is 5.77. The molecule has 1 aromatic rings. The van der Waals surface area contributed by atoms with Gasteiger partial charge in [-0.2, -0.15) is 8.42 Å². The molecule has 9 heteroatoms. The Balaban J connectivity index is 0. The summed E-state index contributed by atoms with van der Waals surface area (Å²) in [6.45, 7) is 0. The van der Waals surface area contributed by atoms with Gasteiger partial charge in [0.1, 0.15) is 16.4 Å². The minimum Gasteiger partial charge on any atom is -0.507 e. The number of benzene rings is 1. The Kier molecular flexibility index (Phi) is 9.46. The lowest BCUT2D eigenvalue weighted by Crippen LogP contribution is -2.18. The highest BCUT2D eigenvalue weighted by molar-refractivity contribution is 7.73. The van der Waals surface area contributed by atoms with Crippen molar-refractivity contribution in [2.24, 2.45) is 0 Å². The third kappa shape index (κ3) is 4.76. The van der Waals surface area contributed by atoms with Gasteiger partial charge in [-0.05, 0) is 0 Å². The smallest absolute Gasteiger partial charge is 0.221 e. The zero-order chi connectivity index (χ0) is 14.7. The fourth-order valence-corrected chi connectivity index (χ4v) is 2.47. The number of ether oxygens (including phenoxy) is 1. The van der Waals surface area contributed by atoms with E-state index < -0.39 is 16.1 Å². The lowest BCUT2D eigenvalue weighted by Gasteiger charge is -2.15. The summed E-state index contributed by atoms with van der Waals surface area (Å²) in [7, 11) is -1.21. The maximum absolute atomic E-state index is 12.3. The van der Waals surface area contributed by atoms with Gasteiger partial charge in [0.2, 0.25) is 10.3 Å². The van der Waals surface area contributed by atoms with Gasteiger partial charge < -0.3 is 26.3 Å². The van der Waals surface area contributed by atoms with Crippen LogP contribution in [0, 0.1) is 0 Å². The normalized spacial score (nSPS) is 12.9. The number of Topliss-reactive ketones (excluding diaryl/α,β-unsaturated/α-hetero) is 1. The number of rotatable bonds is 3. The van der Waals surface area contributed by atoms with Crippen LogP contribution in [-0.4, -0.2) is 47.7 Å². The molecule has 8 nitrogen and oxygen atoms in total. The van der Waals surface area contributed by atoms with Crippen molar-refractivity contribution in [1.29, 1.82) is 0 Å². The van der Waals surface area contributed by atoms with Crippen LogP contribution in [0.5, 0.6) is 0 Å². The number of carbonyl (C=O) groups excluding carboxylic acids is 1. The summed E-state index contributed by atoms with van der Waals surface area (Å²) in [5.41, 5.74) is 0.426. The van der Waals surface area contributed by atoms with Crippen molar-refractivity contribution < 1.29 is 39.5 Å². The molecule has 0 heterocycles. The zero-order valence-corrected chi connectivity index (χ0v) is 13.0. The molecule has 0 saturated heterocycles. The Hall–Kier alpha value is -2.46. The van der Waals surface area contributed by atoms with E-state index in [-0.39, 0.29) is 44.8 Å². The molecule has 0 radical (unpaired) electrons. The summed E-state index contributed by atoms with van der Waals surface area (Å²) < 4.78 is 27.2. The molecule has 0 bridgehead atoms. The zero-order valence-electron chi connectivity index (χ0n) is 12.2. The number of hydrogen-bond acceptors (Lipinski definition) is 5. The SMILES string of the molecule is COC1=CC(O)=C(C(=O)c2ccccc2)CC1=S(=O)=O.O.O.O. The van der Waals surface area contributed by atoms with E-state index in [4.69, 9.17) is 4.74 Å². The molecule has 128 valence electrons. The number of hydrogen-bond donors (Lipinski definition) is 1. The van der Waals surface area contributed by atoms with Crippen LogP contribution in [0.2, 0.25) is 0 Å². The largest absolute Gasteiger partial charge is 0.507 e. The van der Waals surface area contributed by atoms with Crippen molar-refractivity contribution in [2.75, 3.05) is 7.11 Å². The molecule has 1 aliphatic carbocycles. The van der Waals surface area contributed by atoms with Crippen LogP contribution in [-0.2, 0) is 15.0 Å². The predicted molar refractivity (Wildman–Crippen MR) is 84.9 cm³/mol. The summed E-state index contributed by atoms with van der Waals surface area (Å²) in [5.74, 6) is -0.636. The number of allylic oxidation sites excluding steroid dienone is 3. The second kappa shape index (κ2) is 9.54. The molecular formula is C14H18O8S. The number of methoxy groups -OCH3 is 1. The number of aliphatic hydroxyl groups excluding tert-OH is 1. The second-order valence-electron chi connectivity index (χ2n) is 4.11. The van der Waals surface area contributed by atoms with Crippen LogP contribution < -0.4 is 0 Å². The Morgan fingerprint density at radius 3 is 2.17 bits per heavy atom. The fourth-order valence-electron chi connectivity index (χ4n) is 1.90. The Morgan fingerprint density at radius 2 is 1.70 bits per heavy atom. The van der Waals surface area contributed by atoms with Gasteiger partial charge in [-0.25, -0.2) is 0 Å². The topological polar surface area (TPSA) is 175 Å². The van der Waals surface area contributed by atoms with Crippen LogP contribution in [0.1, 0.15) is 16.8 Å². The maximum Gasteiger partial charge on any atom is 0.221 e. The lowest BCUT2D eigenvalue weighted by atomic mass is 9.94. The van der Waals surface area contributed by atoms with Crippen LogP contribution >= 0.6 is 0 Å². The molecule has 0 atom stereocenters. The van der Waals surface area contributed by atoms with Crippen molar-refractivity contribution in [3.63, 3.8) is 0 Å². The maximum atomic E-state index is 12.3. The van der Waals surface area contributed by atoms with Crippen molar-refractivity contribution in [1.82, 2.24) is 0 Å². The Morgan fingerprint density at radius 1 is 1.13 bits per heavy atom. The Bertz CT molecular complexity index is 736. The first kappa shape index (κ1) is 22.8. The Labute approximate surface area is 133 Å². The average Bonchev–Trinajstić information content (AvgIpc) is 2.46. The summed E-state index contributed by atoms with van der Waals surface area (Å²) >= 11 is 0. The van der Waals surface area contributed by atoms with Crippen LogP contribution in [0.25, 0.3) is 0 Å². The van der Waals surface area contributed by atoms with Crippen molar-refractivity contribution >= 4 is 20.9 Å². The van der Waals surface area contributed by atoms with Crippen molar-refractivity contribution in [2.45, 2.75) is 6.42 Å². The molecule has 7 N–H and O–H groups in total. The van der Waals surface area contributed by atoms with Gasteiger partial charge in [0.05, 0.1) is 7.11 Å². The van der Waals surface area contributed by atoms with Crippen LogP contribution in [0.4, 0.5) is 0 Å². The lowest BCUT2D eigenvalue weighted by molar-refractivity contribution is 0.102. The van der Waals surface area contributed by atoms with E-state index >= 15 is 0 Å². The van der Waals surface area contributed by atoms with E-state index in [2.05, 4.69) is 0 Å². The standard InChI is InChI=1S/C14H12O5S.3H2O/c1-19-12-8-11(15)10(7-13(12)20(17)18)14(16)9-5-3-2-4-6-9;;;/h2-6,8,15H,7H2,1H3;3*1H2. The van der Waals surface area contributed by atoms with E-state index in [0.717, 1.165) is 6.08 Å². The minimum atomic E-state index is -2.51. The fraction of sp³-hybridized carbons (Fsp3) is 0.143. The predicted octanol–water partition coefficient (Wildman–Crippen LogP) is -0.807. The highest BCUT2D eigenvalue weighted by Crippen LogP contribution is 2.24. The molecule has 0 fully saturated rings. The molecule has 23 heavy (non-hydrogen) atoms. The van der Waals surface area contributed by atoms with Crippen molar-refractivity contribution in [3.05, 3.63) is 59.1 Å². The van der Waals surface area contributed by atoms with E-state index in [1.165, 1.54) is 7.11 Å². The molecule has 0 spiro atoms. The molecule has 1 aliphatic rings. The monoisotopic (exact) mass is 346 g/mol. The van der Waals surface area contributed by atoms with E-state index in [0.29, 0.717) is 5.56 Å². The minimum absolute atomic E-state index is 0. The molecule has 2 rings (SSSR count). The van der Waals surface area contributed by atoms with Gasteiger partial charge in [0, 0.05) is 23.6 Å². The molecule has 0 unspecified atom stereocenters.